The van der Waals surface area contributed by atoms with Crippen LogP contribution in [0.15, 0.2) is 30.3 Å². The minimum absolute atomic E-state index is 0.0344. The van der Waals surface area contributed by atoms with E-state index in [0.717, 1.165) is 12.8 Å². The Morgan fingerprint density at radius 1 is 1.38 bits per heavy atom. The average molecular weight is 312 g/mol. The number of hydrogen-bond acceptors (Lipinski definition) is 5. The lowest BCUT2D eigenvalue weighted by Crippen LogP contribution is -2.29. The van der Waals surface area contributed by atoms with Gasteiger partial charge >= 0.3 is 5.97 Å². The molecule has 5 nitrogen and oxygen atoms in total. The molecule has 0 aliphatic carbocycles. The molecule has 0 bridgehead atoms. The zero-order valence-electron chi connectivity index (χ0n) is 12.0. The molecule has 1 aromatic carbocycles. The standard InChI is InChI=1S/C15H20O5S/c1-19-15(16)14(12-6-3-2-4-7-12)11-21(17,18)10-13-8-5-9-20-13/h2-4,6-7,13-14H,5,8-11H2,1H3. The first kappa shape index (κ1) is 16.0. The summed E-state index contributed by atoms with van der Waals surface area (Å²) in [5.41, 5.74) is 0.653. The van der Waals surface area contributed by atoms with Crippen LogP contribution in [0.3, 0.4) is 0 Å². The Kier molecular flexibility index (Phi) is 5.36. The first-order chi connectivity index (χ1) is 10.0. The largest absolute Gasteiger partial charge is 0.469 e. The lowest BCUT2D eigenvalue weighted by Gasteiger charge is -2.17. The van der Waals surface area contributed by atoms with Gasteiger partial charge in [-0.25, -0.2) is 8.42 Å². The molecule has 2 atom stereocenters. The normalized spacial score (nSPS) is 20.1. The topological polar surface area (TPSA) is 69.7 Å². The van der Waals surface area contributed by atoms with Crippen LogP contribution in [0, 0.1) is 0 Å². The van der Waals surface area contributed by atoms with Crippen LogP contribution in [0.4, 0.5) is 0 Å². The van der Waals surface area contributed by atoms with E-state index in [9.17, 15) is 13.2 Å². The fourth-order valence-corrected chi connectivity index (χ4v) is 4.31. The van der Waals surface area contributed by atoms with Crippen molar-refractivity contribution in [2.24, 2.45) is 0 Å². The minimum Gasteiger partial charge on any atom is -0.469 e. The minimum atomic E-state index is -3.39. The first-order valence-electron chi connectivity index (χ1n) is 6.96. The lowest BCUT2D eigenvalue weighted by molar-refractivity contribution is -0.141. The van der Waals surface area contributed by atoms with Crippen LogP contribution in [0.2, 0.25) is 0 Å². The second-order valence-corrected chi connectivity index (χ2v) is 7.35. The van der Waals surface area contributed by atoms with Gasteiger partial charge in [-0.05, 0) is 18.4 Å². The zero-order valence-corrected chi connectivity index (χ0v) is 12.8. The predicted octanol–water partition coefficient (Wildman–Crippen LogP) is 1.54. The van der Waals surface area contributed by atoms with Crippen LogP contribution in [0.1, 0.15) is 24.3 Å². The summed E-state index contributed by atoms with van der Waals surface area (Å²) in [4.78, 5) is 11.9. The molecule has 6 heteroatoms. The molecular formula is C15H20O5S. The van der Waals surface area contributed by atoms with E-state index in [4.69, 9.17) is 9.47 Å². The Labute approximate surface area is 125 Å². The molecule has 21 heavy (non-hydrogen) atoms. The summed E-state index contributed by atoms with van der Waals surface area (Å²) in [6, 6.07) is 8.85. The van der Waals surface area contributed by atoms with Crippen molar-refractivity contribution >= 4 is 15.8 Å². The molecule has 1 fully saturated rings. The number of carbonyl (C=O) groups is 1. The maximum absolute atomic E-state index is 12.3. The third kappa shape index (κ3) is 4.54. The van der Waals surface area contributed by atoms with Gasteiger partial charge in [-0.2, -0.15) is 0 Å². The van der Waals surface area contributed by atoms with E-state index in [1.807, 2.05) is 6.07 Å². The van der Waals surface area contributed by atoms with Crippen molar-refractivity contribution in [1.29, 1.82) is 0 Å². The maximum atomic E-state index is 12.3. The zero-order chi connectivity index (χ0) is 15.3. The Hall–Kier alpha value is -1.40. The summed E-state index contributed by atoms with van der Waals surface area (Å²) in [6.07, 6.45) is 1.40. The molecule has 0 amide bonds. The summed E-state index contributed by atoms with van der Waals surface area (Å²) >= 11 is 0. The molecule has 0 radical (unpaired) electrons. The van der Waals surface area contributed by atoms with Crippen molar-refractivity contribution in [1.82, 2.24) is 0 Å². The molecule has 1 heterocycles. The van der Waals surface area contributed by atoms with Gasteiger partial charge in [-0.3, -0.25) is 4.79 Å². The molecule has 0 N–H and O–H groups in total. The van der Waals surface area contributed by atoms with Crippen LogP contribution in [-0.2, 0) is 24.1 Å². The van der Waals surface area contributed by atoms with E-state index in [0.29, 0.717) is 12.2 Å². The average Bonchev–Trinajstić information content (AvgIpc) is 2.97. The van der Waals surface area contributed by atoms with Gasteiger partial charge in [-0.15, -0.1) is 0 Å². The number of rotatable bonds is 6. The van der Waals surface area contributed by atoms with E-state index in [1.165, 1.54) is 7.11 Å². The number of hydrogen-bond donors (Lipinski definition) is 0. The molecule has 0 saturated carbocycles. The summed E-state index contributed by atoms with van der Waals surface area (Å²) in [7, 11) is -2.12. The second-order valence-electron chi connectivity index (χ2n) is 5.20. The molecule has 0 spiro atoms. The van der Waals surface area contributed by atoms with Crippen molar-refractivity contribution in [3.8, 4) is 0 Å². The molecule has 0 aromatic heterocycles. The van der Waals surface area contributed by atoms with Crippen molar-refractivity contribution in [3.63, 3.8) is 0 Å². The fraction of sp³-hybridized carbons (Fsp3) is 0.533. The monoisotopic (exact) mass is 312 g/mol. The first-order valence-corrected chi connectivity index (χ1v) is 8.79. The van der Waals surface area contributed by atoms with Crippen molar-refractivity contribution in [2.45, 2.75) is 24.9 Å². The van der Waals surface area contributed by atoms with E-state index in [1.54, 1.807) is 24.3 Å². The highest BCUT2D eigenvalue weighted by atomic mass is 32.2. The Bertz CT molecular complexity index is 561. The van der Waals surface area contributed by atoms with Gasteiger partial charge in [0.15, 0.2) is 9.84 Å². The van der Waals surface area contributed by atoms with Crippen LogP contribution >= 0.6 is 0 Å². The number of esters is 1. The van der Waals surface area contributed by atoms with E-state index >= 15 is 0 Å². The highest BCUT2D eigenvalue weighted by Gasteiger charge is 2.30. The van der Waals surface area contributed by atoms with Crippen LogP contribution in [0.25, 0.3) is 0 Å². The highest BCUT2D eigenvalue weighted by molar-refractivity contribution is 7.91. The summed E-state index contributed by atoms with van der Waals surface area (Å²) in [5.74, 6) is -1.60. The number of carbonyl (C=O) groups excluding carboxylic acids is 1. The third-order valence-electron chi connectivity index (χ3n) is 3.57. The van der Waals surface area contributed by atoms with E-state index in [-0.39, 0.29) is 17.6 Å². The van der Waals surface area contributed by atoms with Gasteiger partial charge in [0.05, 0.1) is 30.6 Å². The van der Waals surface area contributed by atoms with Gasteiger partial charge in [0.1, 0.15) is 0 Å². The molecule has 1 saturated heterocycles. The second kappa shape index (κ2) is 7.04. The summed E-state index contributed by atoms with van der Waals surface area (Å²) in [6.45, 7) is 0.610. The van der Waals surface area contributed by atoms with Crippen LogP contribution < -0.4 is 0 Å². The SMILES string of the molecule is COC(=O)C(CS(=O)(=O)CC1CCCO1)c1ccccc1. The van der Waals surface area contributed by atoms with Gasteiger partial charge < -0.3 is 9.47 Å². The lowest BCUT2D eigenvalue weighted by atomic mass is 10.0. The van der Waals surface area contributed by atoms with E-state index < -0.39 is 21.7 Å². The number of benzene rings is 1. The number of sulfone groups is 1. The predicted molar refractivity (Wildman–Crippen MR) is 78.8 cm³/mol. The van der Waals surface area contributed by atoms with Crippen LogP contribution in [0.5, 0.6) is 0 Å². The molecule has 1 aromatic rings. The quantitative estimate of drug-likeness (QED) is 0.745. The van der Waals surface area contributed by atoms with Crippen molar-refractivity contribution in [3.05, 3.63) is 35.9 Å². The molecule has 1 aliphatic heterocycles. The molecule has 116 valence electrons. The maximum Gasteiger partial charge on any atom is 0.314 e. The Balaban J connectivity index is 2.12. The summed E-state index contributed by atoms with van der Waals surface area (Å²) < 4.78 is 34.7. The Morgan fingerprint density at radius 2 is 2.10 bits per heavy atom. The third-order valence-corrected chi connectivity index (χ3v) is 5.29. The van der Waals surface area contributed by atoms with Crippen molar-refractivity contribution in [2.75, 3.05) is 25.2 Å². The number of ether oxygens (including phenoxy) is 2. The van der Waals surface area contributed by atoms with Gasteiger partial charge in [0.2, 0.25) is 0 Å². The molecule has 1 aliphatic rings. The molecular weight excluding hydrogens is 292 g/mol. The Morgan fingerprint density at radius 3 is 2.67 bits per heavy atom. The number of methoxy groups -OCH3 is 1. The fourth-order valence-electron chi connectivity index (χ4n) is 2.51. The molecule has 2 rings (SSSR count). The summed E-state index contributed by atoms with van der Waals surface area (Å²) in [5, 5.41) is 0. The van der Waals surface area contributed by atoms with Gasteiger partial charge in [0, 0.05) is 6.61 Å². The van der Waals surface area contributed by atoms with E-state index in [2.05, 4.69) is 0 Å². The van der Waals surface area contributed by atoms with Gasteiger partial charge in [-0.1, -0.05) is 30.3 Å². The smallest absolute Gasteiger partial charge is 0.314 e. The van der Waals surface area contributed by atoms with Crippen molar-refractivity contribution < 1.29 is 22.7 Å². The molecule has 2 unspecified atom stereocenters. The highest BCUT2D eigenvalue weighted by Crippen LogP contribution is 2.22. The van der Waals surface area contributed by atoms with Crippen LogP contribution in [-0.4, -0.2) is 45.7 Å². The van der Waals surface area contributed by atoms with Gasteiger partial charge in [0.25, 0.3) is 0 Å².